The largest absolute Gasteiger partial charge is 0.460 e. The Balaban J connectivity index is 0.000000108. The molecule has 0 aromatic rings. The molecular formula is C69H102N2O11. The van der Waals surface area contributed by atoms with E-state index in [1.54, 1.807) is 6.92 Å². The molecule has 0 aromatic carbocycles. The number of esters is 5. The molecule has 13 nitrogen and oxygen atoms in total. The van der Waals surface area contributed by atoms with E-state index in [0.717, 1.165) is 155 Å². The van der Waals surface area contributed by atoms with Crippen LogP contribution < -0.4 is 0 Å². The predicted octanol–water partition coefficient (Wildman–Crippen LogP) is 13.2. The van der Waals surface area contributed by atoms with Gasteiger partial charge in [0.05, 0.1) is 12.2 Å². The Morgan fingerprint density at radius 3 is 1.30 bits per heavy atom. The van der Waals surface area contributed by atoms with Gasteiger partial charge >= 0.3 is 29.8 Å². The molecule has 13 heteroatoms. The molecule has 15 aliphatic rings. The lowest BCUT2D eigenvalue weighted by molar-refractivity contribution is -0.167. The van der Waals surface area contributed by atoms with Crippen LogP contribution in [0.25, 0.3) is 4.85 Å². The number of hydrogen-bond acceptors (Lipinski definition) is 12. The van der Waals surface area contributed by atoms with Gasteiger partial charge in [0.15, 0.2) is 0 Å². The van der Waals surface area contributed by atoms with Crippen LogP contribution in [0, 0.1) is 142 Å². The molecule has 0 spiro atoms. The van der Waals surface area contributed by atoms with Crippen molar-refractivity contribution in [1.82, 2.24) is 0 Å². The van der Waals surface area contributed by atoms with E-state index in [-0.39, 0.29) is 75.9 Å². The van der Waals surface area contributed by atoms with Crippen LogP contribution in [0.15, 0.2) is 0 Å². The summed E-state index contributed by atoms with van der Waals surface area (Å²) in [5.74, 6) is 14.6. The Hall–Kier alpha value is -3.71. The SMILES string of the molecule is CC(=O)OC1(C)CC2C3CC(O)C(C3)C2C1.CC(=O)OC1(C)CC2C3CCC(C3)C2C1.CCC1(OC(C)=O)CC2C3CCC(C3)C2C1.CCC1(OC(C)=O)CC2CC1C1CC(C#N)CC21.[C-]#[N+]C1CC2CC1C1CC(C)(OC(C)=O)CC21. The van der Waals surface area contributed by atoms with E-state index >= 15 is 0 Å². The number of rotatable bonds is 7. The summed E-state index contributed by atoms with van der Waals surface area (Å²) in [6.45, 7) is 25.4. The van der Waals surface area contributed by atoms with E-state index in [1.165, 1.54) is 85.5 Å². The van der Waals surface area contributed by atoms with E-state index in [0.29, 0.717) is 59.2 Å². The molecule has 15 rings (SSSR count). The average molecular weight is 1140 g/mol. The first-order chi connectivity index (χ1) is 38.8. The number of fused-ring (bicyclic) bond motifs is 25. The predicted molar refractivity (Wildman–Crippen MR) is 307 cm³/mol. The Morgan fingerprint density at radius 1 is 0.451 bits per heavy atom. The molecule has 26 atom stereocenters. The number of nitrogens with zero attached hydrogens (tertiary/aromatic N) is 2. The monoisotopic (exact) mass is 1130 g/mol. The number of aliphatic hydroxyl groups excluding tert-OH is 1. The summed E-state index contributed by atoms with van der Waals surface area (Å²) in [5, 5.41) is 19.0. The van der Waals surface area contributed by atoms with Crippen molar-refractivity contribution in [3.63, 3.8) is 0 Å². The number of nitriles is 1. The minimum atomic E-state index is -0.262. The van der Waals surface area contributed by atoms with Gasteiger partial charge in [0.25, 0.3) is 0 Å². The second-order valence-corrected chi connectivity index (χ2v) is 31.4. The van der Waals surface area contributed by atoms with Crippen molar-refractivity contribution in [1.29, 1.82) is 5.26 Å². The highest BCUT2D eigenvalue weighted by Crippen LogP contribution is 2.67. The average Bonchev–Trinajstić information content (AvgIpc) is 3.34. The smallest absolute Gasteiger partial charge is 0.303 e. The summed E-state index contributed by atoms with van der Waals surface area (Å²) >= 11 is 0. The summed E-state index contributed by atoms with van der Waals surface area (Å²) in [6.07, 6.45) is 27.9. The van der Waals surface area contributed by atoms with Crippen molar-refractivity contribution in [3.8, 4) is 6.07 Å². The Morgan fingerprint density at radius 2 is 0.866 bits per heavy atom. The third-order valence-electron chi connectivity index (χ3n) is 26.5. The molecule has 0 heterocycles. The minimum absolute atomic E-state index is 0.0887. The molecule has 15 saturated carbocycles. The number of carbonyl (C=O) groups excluding carboxylic acids is 5. The van der Waals surface area contributed by atoms with Crippen molar-refractivity contribution in [2.45, 2.75) is 263 Å². The summed E-state index contributed by atoms with van der Waals surface area (Å²) in [7, 11) is 0. The van der Waals surface area contributed by atoms with Gasteiger partial charge < -0.3 is 33.6 Å². The summed E-state index contributed by atoms with van der Waals surface area (Å²) in [6, 6.07) is 2.69. The van der Waals surface area contributed by atoms with Gasteiger partial charge in [-0.3, -0.25) is 24.0 Å². The molecule has 0 saturated heterocycles. The van der Waals surface area contributed by atoms with E-state index in [9.17, 15) is 29.1 Å². The van der Waals surface area contributed by atoms with Crippen molar-refractivity contribution < 1.29 is 52.8 Å². The molecule has 10 bridgehead atoms. The topological polar surface area (TPSA) is 180 Å². The van der Waals surface area contributed by atoms with Crippen LogP contribution in [-0.2, 0) is 47.7 Å². The van der Waals surface area contributed by atoms with Crippen molar-refractivity contribution in [2.75, 3.05) is 0 Å². The van der Waals surface area contributed by atoms with Gasteiger partial charge in [-0.05, 0) is 275 Å². The highest BCUT2D eigenvalue weighted by molar-refractivity contribution is 5.68. The van der Waals surface area contributed by atoms with Gasteiger partial charge in [-0.1, -0.05) is 13.8 Å². The fraction of sp³-hybridized carbons (Fsp3) is 0.899. The third-order valence-corrected chi connectivity index (χ3v) is 26.5. The second-order valence-electron chi connectivity index (χ2n) is 31.4. The van der Waals surface area contributed by atoms with Gasteiger partial charge in [-0.25, -0.2) is 6.57 Å². The fourth-order valence-corrected chi connectivity index (χ4v) is 24.3. The van der Waals surface area contributed by atoms with Gasteiger partial charge in [-0.2, -0.15) is 5.26 Å². The molecule has 82 heavy (non-hydrogen) atoms. The van der Waals surface area contributed by atoms with Gasteiger partial charge in [-0.15, -0.1) is 0 Å². The fourth-order valence-electron chi connectivity index (χ4n) is 24.3. The van der Waals surface area contributed by atoms with Crippen LogP contribution in [-0.4, -0.2) is 75.1 Å². The highest BCUT2D eigenvalue weighted by Gasteiger charge is 2.65. The molecule has 454 valence electrons. The normalized spacial score (nSPS) is 51.0. The van der Waals surface area contributed by atoms with E-state index in [4.69, 9.17) is 35.5 Å². The van der Waals surface area contributed by atoms with Crippen LogP contribution in [0.5, 0.6) is 0 Å². The zero-order valence-electron chi connectivity index (χ0n) is 51.7. The van der Waals surface area contributed by atoms with Gasteiger partial charge in [0, 0.05) is 58.8 Å². The maximum absolute atomic E-state index is 11.4. The number of aliphatic hydroxyl groups is 1. The van der Waals surface area contributed by atoms with Crippen LogP contribution >= 0.6 is 0 Å². The van der Waals surface area contributed by atoms with Crippen molar-refractivity contribution in [2.24, 2.45) is 124 Å². The van der Waals surface area contributed by atoms with Crippen LogP contribution in [0.1, 0.15) is 223 Å². The Bertz CT molecular complexity index is 2500. The second kappa shape index (κ2) is 22.5. The van der Waals surface area contributed by atoms with Gasteiger partial charge in [0.2, 0.25) is 6.04 Å². The zero-order chi connectivity index (χ0) is 58.6. The summed E-state index contributed by atoms with van der Waals surface area (Å²) in [4.78, 5) is 59.7. The molecule has 15 fully saturated rings. The summed E-state index contributed by atoms with van der Waals surface area (Å²) < 4.78 is 27.9. The first-order valence-corrected chi connectivity index (χ1v) is 33.2. The Kier molecular flexibility index (Phi) is 16.5. The van der Waals surface area contributed by atoms with E-state index in [2.05, 4.69) is 45.5 Å². The standard InChI is InChI=1S/C15H21NO2.C14H19NO2.C14H22O2.C13H20O3.C13H20O2/c1-3-15(18-9(2)17)7-11-6-14(15)13-5-10(8-16)4-12(11)13;1-8(16)17-14(2)6-11-9-4-10(12(11)7-14)13(5-9)15-3;1-3-14(16-9(2)15)7-12-10-4-5-11(6-10)13(12)8-14;1-7(14)16-13(2)5-10-8-3-9(11(10)6-13)12(15)4-8;1-8(14)15-13(2)6-11-9-3-4-10(5-9)12(11)7-13/h10-14H,3-7H2,1-2H3;9-13H,4-7H2,1-2H3;10-13H,3-8H2,1-2H3;8-12,15H,3-6H2,1-2H3;9-12H,3-7H2,1-2H3. The van der Waals surface area contributed by atoms with E-state index < -0.39 is 0 Å². The highest BCUT2D eigenvalue weighted by atomic mass is 16.6. The lowest BCUT2D eigenvalue weighted by Crippen LogP contribution is -2.44. The van der Waals surface area contributed by atoms with Crippen LogP contribution in [0.3, 0.4) is 0 Å². The third kappa shape index (κ3) is 11.2. The first kappa shape index (κ1) is 60.0. The molecule has 26 unspecified atom stereocenters. The lowest BCUT2D eigenvalue weighted by Gasteiger charge is -2.41. The zero-order valence-corrected chi connectivity index (χ0v) is 51.7. The summed E-state index contributed by atoms with van der Waals surface area (Å²) in [5.41, 5.74) is -0.954. The quantitative estimate of drug-likeness (QED) is 0.145. The Labute approximate surface area is 491 Å². The van der Waals surface area contributed by atoms with E-state index in [1.807, 2.05) is 0 Å². The molecule has 0 amide bonds. The number of hydrogen-bond donors (Lipinski definition) is 1. The van der Waals surface area contributed by atoms with Crippen LogP contribution in [0.4, 0.5) is 0 Å². The first-order valence-electron chi connectivity index (χ1n) is 33.2. The number of carbonyl (C=O) groups is 5. The maximum Gasteiger partial charge on any atom is 0.303 e. The molecule has 0 radical (unpaired) electrons. The van der Waals surface area contributed by atoms with Gasteiger partial charge in [0.1, 0.15) is 28.0 Å². The van der Waals surface area contributed by atoms with Crippen molar-refractivity contribution >= 4 is 29.8 Å². The molecule has 1 N–H and O–H groups in total. The molecule has 15 aliphatic carbocycles. The van der Waals surface area contributed by atoms with Crippen LogP contribution in [0.2, 0.25) is 0 Å². The molecule has 0 aromatic heterocycles. The molecular weight excluding hydrogens is 1030 g/mol. The number of ether oxygens (including phenoxy) is 5. The van der Waals surface area contributed by atoms with Crippen molar-refractivity contribution in [3.05, 3.63) is 11.4 Å². The minimum Gasteiger partial charge on any atom is -0.460 e. The lowest BCUT2D eigenvalue weighted by atomic mass is 9.71. The maximum atomic E-state index is 11.4. The molecule has 0 aliphatic heterocycles.